The minimum Gasteiger partial charge on any atom is -0.392 e. The fraction of sp³-hybridized carbons (Fsp3) is 0.294. The molecule has 0 saturated carbocycles. The lowest BCUT2D eigenvalue weighted by atomic mass is 10.1. The van der Waals surface area contributed by atoms with Crippen LogP contribution in [0.2, 0.25) is 0 Å². The van der Waals surface area contributed by atoms with Crippen LogP contribution in [0.3, 0.4) is 0 Å². The Hall–Kier alpha value is -2.70. The average Bonchev–Trinajstić information content (AvgIpc) is 2.53. The van der Waals surface area contributed by atoms with E-state index in [9.17, 15) is 18.4 Å². The number of amides is 2. The second kappa shape index (κ2) is 8.81. The highest BCUT2D eigenvalue weighted by atomic mass is 19.1. The summed E-state index contributed by atoms with van der Waals surface area (Å²) in [5.74, 6) is -3.48. The van der Waals surface area contributed by atoms with E-state index in [1.807, 2.05) is 13.8 Å². The van der Waals surface area contributed by atoms with Crippen LogP contribution in [0.1, 0.15) is 30.6 Å². The van der Waals surface area contributed by atoms with Crippen LogP contribution in [0.5, 0.6) is 0 Å². The Labute approximate surface area is 139 Å². The molecule has 0 radical (unpaired) electrons. The summed E-state index contributed by atoms with van der Waals surface area (Å²) in [6.07, 6.45) is 2.03. The van der Waals surface area contributed by atoms with Crippen molar-refractivity contribution < 1.29 is 18.4 Å². The monoisotopic (exact) mass is 337 g/mol. The summed E-state index contributed by atoms with van der Waals surface area (Å²) in [7, 11) is 1.55. The summed E-state index contributed by atoms with van der Waals surface area (Å²) in [6.45, 7) is 7.35. The van der Waals surface area contributed by atoms with Crippen molar-refractivity contribution in [2.75, 3.05) is 7.05 Å². The number of carbonyl (C=O) groups excluding carboxylic acids is 2. The molecule has 3 N–H and O–H groups in total. The van der Waals surface area contributed by atoms with Gasteiger partial charge in [-0.05, 0) is 25.5 Å². The highest BCUT2D eigenvalue weighted by molar-refractivity contribution is 6.01. The molecule has 0 aliphatic carbocycles. The molecule has 1 unspecified atom stereocenters. The zero-order valence-electron chi connectivity index (χ0n) is 13.9. The largest absolute Gasteiger partial charge is 0.392 e. The first-order valence-electron chi connectivity index (χ1n) is 7.44. The van der Waals surface area contributed by atoms with E-state index >= 15 is 0 Å². The fourth-order valence-corrected chi connectivity index (χ4v) is 1.78. The summed E-state index contributed by atoms with van der Waals surface area (Å²) in [5.41, 5.74) is -0.740. The SMILES string of the molecule is C=C(C(=O)NC(C)CC)/C(=C\NC)NC(=O)c1c(F)cccc1F. The summed E-state index contributed by atoms with van der Waals surface area (Å²) in [4.78, 5) is 24.2. The fourth-order valence-electron chi connectivity index (χ4n) is 1.78. The van der Waals surface area contributed by atoms with E-state index < -0.39 is 29.0 Å². The van der Waals surface area contributed by atoms with Gasteiger partial charge in [-0.3, -0.25) is 9.59 Å². The molecule has 1 aromatic rings. The Balaban J connectivity index is 2.98. The maximum Gasteiger partial charge on any atom is 0.261 e. The molecule has 1 atom stereocenters. The number of carbonyl (C=O) groups is 2. The van der Waals surface area contributed by atoms with Gasteiger partial charge in [-0.15, -0.1) is 0 Å². The van der Waals surface area contributed by atoms with Crippen LogP contribution in [-0.2, 0) is 4.79 Å². The van der Waals surface area contributed by atoms with Crippen LogP contribution in [0.25, 0.3) is 0 Å². The van der Waals surface area contributed by atoms with Crippen molar-refractivity contribution in [1.82, 2.24) is 16.0 Å². The normalized spacial score (nSPS) is 12.3. The molecule has 5 nitrogen and oxygen atoms in total. The van der Waals surface area contributed by atoms with Crippen molar-refractivity contribution in [1.29, 1.82) is 0 Å². The molecule has 7 heteroatoms. The summed E-state index contributed by atoms with van der Waals surface area (Å²) < 4.78 is 27.4. The lowest BCUT2D eigenvalue weighted by Gasteiger charge is -2.16. The first-order chi connectivity index (χ1) is 11.3. The molecule has 1 aromatic carbocycles. The van der Waals surface area contributed by atoms with Crippen molar-refractivity contribution in [3.8, 4) is 0 Å². The molecule has 0 saturated heterocycles. The minimum atomic E-state index is -1.01. The summed E-state index contributed by atoms with van der Waals surface area (Å²) in [5, 5.41) is 7.66. The van der Waals surface area contributed by atoms with Gasteiger partial charge in [0, 0.05) is 19.3 Å². The second-order valence-corrected chi connectivity index (χ2v) is 5.16. The van der Waals surface area contributed by atoms with E-state index in [1.165, 1.54) is 6.20 Å². The van der Waals surface area contributed by atoms with Crippen LogP contribution in [0.4, 0.5) is 8.78 Å². The number of nitrogens with one attached hydrogen (secondary N) is 3. The van der Waals surface area contributed by atoms with Crippen molar-refractivity contribution >= 4 is 11.8 Å². The van der Waals surface area contributed by atoms with E-state index in [2.05, 4.69) is 22.5 Å². The van der Waals surface area contributed by atoms with Crippen LogP contribution in [0.15, 0.2) is 42.2 Å². The smallest absolute Gasteiger partial charge is 0.261 e. The maximum absolute atomic E-state index is 13.7. The lowest BCUT2D eigenvalue weighted by Crippen LogP contribution is -2.36. The van der Waals surface area contributed by atoms with Gasteiger partial charge in [-0.1, -0.05) is 19.6 Å². The number of rotatable bonds is 7. The van der Waals surface area contributed by atoms with Gasteiger partial charge in [-0.25, -0.2) is 8.78 Å². The first kappa shape index (κ1) is 19.3. The molecule has 0 heterocycles. The quantitative estimate of drug-likeness (QED) is 0.528. The molecule has 1 rings (SSSR count). The number of hydrogen-bond donors (Lipinski definition) is 3. The molecule has 0 aromatic heterocycles. The molecular formula is C17H21F2N3O2. The second-order valence-electron chi connectivity index (χ2n) is 5.16. The molecule has 0 spiro atoms. The topological polar surface area (TPSA) is 70.2 Å². The number of halogens is 2. The molecule has 0 fully saturated rings. The molecule has 130 valence electrons. The first-order valence-corrected chi connectivity index (χ1v) is 7.44. The van der Waals surface area contributed by atoms with Gasteiger partial charge in [-0.2, -0.15) is 0 Å². The molecule has 0 aliphatic heterocycles. The van der Waals surface area contributed by atoms with E-state index in [1.54, 1.807) is 7.05 Å². The molecular weight excluding hydrogens is 316 g/mol. The van der Waals surface area contributed by atoms with Gasteiger partial charge in [0.15, 0.2) is 0 Å². The third-order valence-corrected chi connectivity index (χ3v) is 3.32. The van der Waals surface area contributed by atoms with Gasteiger partial charge in [0.05, 0.1) is 11.3 Å². The molecule has 24 heavy (non-hydrogen) atoms. The van der Waals surface area contributed by atoms with Crippen LogP contribution < -0.4 is 16.0 Å². The van der Waals surface area contributed by atoms with Crippen molar-refractivity contribution in [3.63, 3.8) is 0 Å². The molecule has 0 bridgehead atoms. The maximum atomic E-state index is 13.7. The van der Waals surface area contributed by atoms with E-state index in [-0.39, 0.29) is 17.3 Å². The average molecular weight is 337 g/mol. The minimum absolute atomic E-state index is 0.0194. The zero-order valence-corrected chi connectivity index (χ0v) is 13.9. The van der Waals surface area contributed by atoms with E-state index in [0.717, 1.165) is 24.6 Å². The molecule has 0 aliphatic rings. The van der Waals surface area contributed by atoms with Gasteiger partial charge in [0.2, 0.25) is 0 Å². The number of benzene rings is 1. The standard InChI is InChI=1S/C17H21F2N3O2/c1-5-10(2)21-16(23)11(3)14(9-20-4)22-17(24)15-12(18)7-6-8-13(15)19/h6-10,20H,3,5H2,1-2,4H3,(H,21,23)(H,22,24)/b14-9+. The van der Waals surface area contributed by atoms with Crippen LogP contribution in [0, 0.1) is 11.6 Å². The van der Waals surface area contributed by atoms with Crippen molar-refractivity contribution in [2.45, 2.75) is 26.3 Å². The molecule has 2 amide bonds. The van der Waals surface area contributed by atoms with E-state index in [4.69, 9.17) is 0 Å². The van der Waals surface area contributed by atoms with Crippen molar-refractivity contribution in [2.24, 2.45) is 0 Å². The van der Waals surface area contributed by atoms with Crippen LogP contribution in [-0.4, -0.2) is 24.9 Å². The van der Waals surface area contributed by atoms with Gasteiger partial charge in [0.25, 0.3) is 11.8 Å². The van der Waals surface area contributed by atoms with E-state index in [0.29, 0.717) is 0 Å². The highest BCUT2D eigenvalue weighted by Gasteiger charge is 2.21. The Morgan fingerprint density at radius 2 is 1.88 bits per heavy atom. The van der Waals surface area contributed by atoms with Gasteiger partial charge in [0.1, 0.15) is 17.2 Å². The Morgan fingerprint density at radius 3 is 2.38 bits per heavy atom. The highest BCUT2D eigenvalue weighted by Crippen LogP contribution is 2.14. The third kappa shape index (κ3) is 4.91. The predicted octanol–water partition coefficient (Wildman–Crippen LogP) is 2.23. The van der Waals surface area contributed by atoms with Crippen LogP contribution >= 0.6 is 0 Å². The van der Waals surface area contributed by atoms with Crippen molar-refractivity contribution in [3.05, 3.63) is 59.4 Å². The predicted molar refractivity (Wildman–Crippen MR) is 88.0 cm³/mol. The Morgan fingerprint density at radius 1 is 1.29 bits per heavy atom. The lowest BCUT2D eigenvalue weighted by molar-refractivity contribution is -0.117. The van der Waals surface area contributed by atoms with Gasteiger partial charge >= 0.3 is 0 Å². The summed E-state index contributed by atoms with van der Waals surface area (Å²) in [6, 6.07) is 3.03. The Kier molecular flexibility index (Phi) is 7.10. The number of hydrogen-bond acceptors (Lipinski definition) is 3. The zero-order chi connectivity index (χ0) is 18.3. The Bertz CT molecular complexity index is 652. The van der Waals surface area contributed by atoms with Gasteiger partial charge < -0.3 is 16.0 Å². The summed E-state index contributed by atoms with van der Waals surface area (Å²) >= 11 is 0. The third-order valence-electron chi connectivity index (χ3n) is 3.32.